The number of hydrogen-bond donors (Lipinski definition) is 0. The Morgan fingerprint density at radius 2 is 2.00 bits per heavy atom. The molecule has 0 radical (unpaired) electrons. The second-order valence-corrected chi connectivity index (χ2v) is 4.51. The van der Waals surface area contributed by atoms with Gasteiger partial charge >= 0.3 is 0 Å². The maximum Gasteiger partial charge on any atom is 0.241 e. The average molecular weight is 296 g/mol. The predicted octanol–water partition coefficient (Wildman–Crippen LogP) is 3.54. The summed E-state index contributed by atoms with van der Waals surface area (Å²) in [5, 5.41) is 0. The molecule has 1 rings (SSSR count). The summed E-state index contributed by atoms with van der Waals surface area (Å²) in [6, 6.07) is 9.88. The predicted molar refractivity (Wildman–Crippen MR) is 83.6 cm³/mol. The van der Waals surface area contributed by atoms with Crippen LogP contribution in [-0.4, -0.2) is 36.4 Å². The fourth-order valence-corrected chi connectivity index (χ4v) is 2.08. The van der Waals surface area contributed by atoms with Gasteiger partial charge in [-0.1, -0.05) is 43.3 Å². The number of alkyl halides is 1. The molecule has 0 unspecified atom stereocenters. The van der Waals surface area contributed by atoms with E-state index in [1.165, 1.54) is 0 Å². The van der Waals surface area contributed by atoms with Gasteiger partial charge in [0, 0.05) is 18.8 Å². The van der Waals surface area contributed by atoms with E-state index < -0.39 is 0 Å². The van der Waals surface area contributed by atoms with Gasteiger partial charge in [0.2, 0.25) is 5.91 Å². The maximum absolute atomic E-state index is 12.1. The van der Waals surface area contributed by atoms with Gasteiger partial charge in [0.15, 0.2) is 0 Å². The summed E-state index contributed by atoms with van der Waals surface area (Å²) in [5.74, 6) is -0.130. The molecule has 0 aliphatic heterocycles. The molecule has 0 aliphatic carbocycles. The van der Waals surface area contributed by atoms with Crippen LogP contribution >= 0.6 is 11.6 Å². The summed E-state index contributed by atoms with van der Waals surface area (Å²) in [7, 11) is 0. The normalized spacial score (nSPS) is 11.4. The Morgan fingerprint density at radius 1 is 1.30 bits per heavy atom. The maximum atomic E-state index is 12.1. The fraction of sp³-hybridized carbons (Fsp3) is 0.438. The van der Waals surface area contributed by atoms with Gasteiger partial charge in [0.25, 0.3) is 0 Å². The molecular formula is C16H22ClNO2. The molecule has 1 aromatic rings. The van der Waals surface area contributed by atoms with Crippen LogP contribution in [0.3, 0.4) is 0 Å². The lowest BCUT2D eigenvalue weighted by Crippen LogP contribution is -2.33. The molecule has 1 amide bonds. The lowest BCUT2D eigenvalue weighted by Gasteiger charge is -2.25. The lowest BCUT2D eigenvalue weighted by atomic mass is 10.1. The Balaban J connectivity index is 2.99. The molecule has 110 valence electrons. The second kappa shape index (κ2) is 9.56. The summed E-state index contributed by atoms with van der Waals surface area (Å²) in [4.78, 5) is 13.8. The first kappa shape index (κ1) is 16.7. The van der Waals surface area contributed by atoms with Gasteiger partial charge in [0.05, 0.1) is 6.61 Å². The van der Waals surface area contributed by atoms with E-state index >= 15 is 0 Å². The second-order valence-electron chi connectivity index (χ2n) is 4.24. The zero-order chi connectivity index (χ0) is 14.8. The highest BCUT2D eigenvalue weighted by Gasteiger charge is 2.18. The highest BCUT2D eigenvalue weighted by molar-refractivity contribution is 6.27. The third kappa shape index (κ3) is 4.99. The van der Waals surface area contributed by atoms with Gasteiger partial charge in [0.1, 0.15) is 5.88 Å². The number of halogens is 1. The summed E-state index contributed by atoms with van der Waals surface area (Å²) < 4.78 is 5.36. The first-order chi connectivity index (χ1) is 9.74. The monoisotopic (exact) mass is 295 g/mol. The number of carbonyl (C=O) groups excluding carboxylic acids is 1. The van der Waals surface area contributed by atoms with Crippen molar-refractivity contribution in [2.24, 2.45) is 0 Å². The van der Waals surface area contributed by atoms with Crippen LogP contribution in [0.1, 0.15) is 25.8 Å². The molecule has 0 aromatic heterocycles. The zero-order valence-electron chi connectivity index (χ0n) is 12.1. The van der Waals surface area contributed by atoms with Crippen LogP contribution in [0.5, 0.6) is 0 Å². The van der Waals surface area contributed by atoms with Crippen molar-refractivity contribution < 1.29 is 9.53 Å². The van der Waals surface area contributed by atoms with E-state index in [4.69, 9.17) is 16.3 Å². The third-order valence-electron chi connectivity index (χ3n) is 2.84. The SMILES string of the molecule is CC/C=C(\c1ccccc1)N(CCOCC)C(=O)CCl. The average Bonchev–Trinajstić information content (AvgIpc) is 2.50. The molecule has 20 heavy (non-hydrogen) atoms. The first-order valence-electron chi connectivity index (χ1n) is 6.94. The Labute approximate surface area is 126 Å². The van der Waals surface area contributed by atoms with E-state index in [0.29, 0.717) is 19.8 Å². The van der Waals surface area contributed by atoms with Crippen LogP contribution in [0, 0.1) is 0 Å². The van der Waals surface area contributed by atoms with Crippen LogP contribution in [-0.2, 0) is 9.53 Å². The first-order valence-corrected chi connectivity index (χ1v) is 7.47. The lowest BCUT2D eigenvalue weighted by molar-refractivity contribution is -0.125. The van der Waals surface area contributed by atoms with E-state index in [1.807, 2.05) is 43.3 Å². The Bertz CT molecular complexity index is 431. The van der Waals surface area contributed by atoms with Gasteiger partial charge < -0.3 is 9.64 Å². The minimum absolute atomic E-state index is 0.0278. The van der Waals surface area contributed by atoms with Crippen LogP contribution in [0.4, 0.5) is 0 Å². The molecule has 1 aromatic carbocycles. The standard InChI is InChI=1S/C16H22ClNO2/c1-3-8-15(14-9-6-5-7-10-14)18(16(19)13-17)11-12-20-4-2/h5-10H,3-4,11-13H2,1-2H3/b15-8+. The molecular weight excluding hydrogens is 274 g/mol. The molecule has 0 heterocycles. The molecule has 0 aliphatic rings. The number of nitrogens with zero attached hydrogens (tertiary/aromatic N) is 1. The van der Waals surface area contributed by atoms with E-state index in [0.717, 1.165) is 17.7 Å². The van der Waals surface area contributed by atoms with Crippen molar-refractivity contribution in [3.63, 3.8) is 0 Å². The smallest absolute Gasteiger partial charge is 0.241 e. The molecule has 0 atom stereocenters. The summed E-state index contributed by atoms with van der Waals surface area (Å²) in [6.07, 6.45) is 2.90. The molecule has 3 nitrogen and oxygen atoms in total. The van der Waals surface area contributed by atoms with E-state index in [2.05, 4.69) is 6.92 Å². The largest absolute Gasteiger partial charge is 0.380 e. The van der Waals surface area contributed by atoms with Crippen molar-refractivity contribution in [2.75, 3.05) is 25.6 Å². The van der Waals surface area contributed by atoms with Crippen molar-refractivity contribution in [3.05, 3.63) is 42.0 Å². The number of carbonyl (C=O) groups is 1. The van der Waals surface area contributed by atoms with Crippen molar-refractivity contribution in [1.82, 2.24) is 4.90 Å². The molecule has 0 fully saturated rings. The van der Waals surface area contributed by atoms with Gasteiger partial charge in [-0.2, -0.15) is 0 Å². The molecule has 0 saturated heterocycles. The van der Waals surface area contributed by atoms with Gasteiger partial charge in [-0.15, -0.1) is 11.6 Å². The molecule has 0 bridgehead atoms. The Kier molecular flexibility index (Phi) is 8.00. The van der Waals surface area contributed by atoms with Crippen LogP contribution < -0.4 is 0 Å². The number of hydrogen-bond acceptors (Lipinski definition) is 2. The van der Waals surface area contributed by atoms with E-state index in [1.54, 1.807) is 4.90 Å². The molecule has 0 spiro atoms. The van der Waals surface area contributed by atoms with Gasteiger partial charge in [-0.3, -0.25) is 4.79 Å². The number of benzene rings is 1. The summed E-state index contributed by atoms with van der Waals surface area (Å²) in [6.45, 7) is 5.65. The number of allylic oxidation sites excluding steroid dienone is 1. The molecule has 0 saturated carbocycles. The van der Waals surface area contributed by atoms with Crippen LogP contribution in [0.25, 0.3) is 5.70 Å². The van der Waals surface area contributed by atoms with Crippen LogP contribution in [0.15, 0.2) is 36.4 Å². The number of ether oxygens (including phenoxy) is 1. The summed E-state index contributed by atoms with van der Waals surface area (Å²) in [5.41, 5.74) is 1.92. The molecule has 4 heteroatoms. The number of amides is 1. The number of rotatable bonds is 8. The van der Waals surface area contributed by atoms with E-state index in [-0.39, 0.29) is 11.8 Å². The topological polar surface area (TPSA) is 29.5 Å². The zero-order valence-corrected chi connectivity index (χ0v) is 12.9. The molecule has 0 N–H and O–H groups in total. The minimum Gasteiger partial charge on any atom is -0.380 e. The Morgan fingerprint density at radius 3 is 2.55 bits per heavy atom. The highest BCUT2D eigenvalue weighted by atomic mass is 35.5. The van der Waals surface area contributed by atoms with E-state index in [9.17, 15) is 4.79 Å². The van der Waals surface area contributed by atoms with Crippen molar-refractivity contribution in [2.45, 2.75) is 20.3 Å². The van der Waals surface area contributed by atoms with Gasteiger partial charge in [-0.05, 0) is 18.9 Å². The highest BCUT2D eigenvalue weighted by Crippen LogP contribution is 2.20. The quantitative estimate of drug-likeness (QED) is 0.542. The van der Waals surface area contributed by atoms with Crippen molar-refractivity contribution >= 4 is 23.2 Å². The minimum atomic E-state index is -0.102. The van der Waals surface area contributed by atoms with Crippen molar-refractivity contribution in [1.29, 1.82) is 0 Å². The van der Waals surface area contributed by atoms with Crippen LogP contribution in [0.2, 0.25) is 0 Å². The van der Waals surface area contributed by atoms with Crippen molar-refractivity contribution in [3.8, 4) is 0 Å². The fourth-order valence-electron chi connectivity index (χ4n) is 1.94. The third-order valence-corrected chi connectivity index (χ3v) is 3.07. The Hall–Kier alpha value is -1.32. The summed E-state index contributed by atoms with van der Waals surface area (Å²) >= 11 is 5.73. The van der Waals surface area contributed by atoms with Gasteiger partial charge in [-0.25, -0.2) is 0 Å².